The summed E-state index contributed by atoms with van der Waals surface area (Å²) in [6.45, 7) is 3.08. The molecule has 0 bridgehead atoms. The molecule has 0 atom stereocenters. The lowest BCUT2D eigenvalue weighted by Gasteiger charge is -2.34. The minimum absolute atomic E-state index is 0.0327. The molecule has 1 aromatic rings. The Labute approximate surface area is 187 Å². The van der Waals surface area contributed by atoms with Crippen molar-refractivity contribution in [2.45, 2.75) is 70.8 Å². The van der Waals surface area contributed by atoms with E-state index in [2.05, 4.69) is 19.2 Å². The minimum Gasteiger partial charge on any atom is -0.459 e. The number of hydrogen-bond acceptors (Lipinski definition) is 4. The molecule has 0 radical (unpaired) electrons. The van der Waals surface area contributed by atoms with Gasteiger partial charge >= 0.3 is 11.9 Å². The van der Waals surface area contributed by atoms with Crippen LogP contribution in [-0.4, -0.2) is 49.8 Å². The highest BCUT2D eigenvalue weighted by molar-refractivity contribution is 5.72. The molecule has 0 aromatic heterocycles. The van der Waals surface area contributed by atoms with Crippen LogP contribution in [0.3, 0.4) is 0 Å². The number of carbonyl (C=O) groups excluding carboxylic acids is 2. The molecule has 3 rings (SSSR count). The van der Waals surface area contributed by atoms with Gasteiger partial charge in [-0.05, 0) is 25.7 Å². The zero-order chi connectivity index (χ0) is 21.9. The molecule has 0 spiro atoms. The van der Waals surface area contributed by atoms with E-state index in [4.69, 9.17) is 9.47 Å². The van der Waals surface area contributed by atoms with Gasteiger partial charge in [-0.15, -0.1) is 0 Å². The van der Waals surface area contributed by atoms with Gasteiger partial charge in [-0.25, -0.2) is 0 Å². The topological polar surface area (TPSA) is 52.6 Å². The van der Waals surface area contributed by atoms with Gasteiger partial charge in [0.2, 0.25) is 0 Å². The molecule has 0 unspecified atom stereocenters. The SMILES string of the molecule is C[N+](CCOC(=O)C1CCCCC1)(CCOC(=O)C1CCCCC1)Cc1ccccc1. The van der Waals surface area contributed by atoms with Gasteiger partial charge < -0.3 is 14.0 Å². The highest BCUT2D eigenvalue weighted by Crippen LogP contribution is 2.25. The summed E-state index contributed by atoms with van der Waals surface area (Å²) in [7, 11) is 2.16. The van der Waals surface area contributed by atoms with Crippen LogP contribution in [0, 0.1) is 11.8 Å². The number of rotatable bonds is 10. The van der Waals surface area contributed by atoms with Crippen LogP contribution in [0.15, 0.2) is 30.3 Å². The third-order valence-corrected chi connectivity index (χ3v) is 7.04. The summed E-state index contributed by atoms with van der Waals surface area (Å²) < 4.78 is 12.0. The first-order chi connectivity index (χ1) is 15.1. The summed E-state index contributed by atoms with van der Waals surface area (Å²) in [5.74, 6) is 0.0977. The first-order valence-corrected chi connectivity index (χ1v) is 12.3. The van der Waals surface area contributed by atoms with Crippen LogP contribution in [0.25, 0.3) is 0 Å². The molecule has 1 aromatic carbocycles. The first kappa shape index (κ1) is 23.8. The minimum atomic E-state index is -0.0327. The van der Waals surface area contributed by atoms with Gasteiger partial charge in [-0.2, -0.15) is 0 Å². The maximum atomic E-state index is 12.4. The Balaban J connectivity index is 1.50. The molecule has 0 N–H and O–H groups in total. The molecule has 2 fully saturated rings. The fourth-order valence-electron chi connectivity index (χ4n) is 4.94. The lowest BCUT2D eigenvalue weighted by atomic mass is 9.89. The van der Waals surface area contributed by atoms with Crippen LogP contribution in [-0.2, 0) is 25.6 Å². The van der Waals surface area contributed by atoms with Crippen molar-refractivity contribution < 1.29 is 23.5 Å². The fraction of sp³-hybridized carbons (Fsp3) is 0.692. The molecular weight excluding hydrogens is 390 g/mol. The Hall–Kier alpha value is -1.88. The van der Waals surface area contributed by atoms with Gasteiger partial charge in [0.05, 0.1) is 18.9 Å². The first-order valence-electron chi connectivity index (χ1n) is 12.3. The monoisotopic (exact) mass is 430 g/mol. The summed E-state index contributed by atoms with van der Waals surface area (Å²) in [5.41, 5.74) is 1.24. The molecular formula is C26H40NO4+. The van der Waals surface area contributed by atoms with Crippen molar-refractivity contribution in [3.05, 3.63) is 35.9 Å². The smallest absolute Gasteiger partial charge is 0.309 e. The summed E-state index contributed by atoms with van der Waals surface area (Å²) in [6.07, 6.45) is 10.9. The molecule has 31 heavy (non-hydrogen) atoms. The largest absolute Gasteiger partial charge is 0.459 e. The van der Waals surface area contributed by atoms with Gasteiger partial charge in [0, 0.05) is 5.56 Å². The number of benzene rings is 1. The average Bonchev–Trinajstić information content (AvgIpc) is 2.80. The van der Waals surface area contributed by atoms with Gasteiger partial charge in [0.25, 0.3) is 0 Å². The maximum absolute atomic E-state index is 12.4. The molecule has 2 aliphatic carbocycles. The molecule has 2 aliphatic rings. The Kier molecular flexibility index (Phi) is 9.38. The van der Waals surface area contributed by atoms with E-state index in [9.17, 15) is 9.59 Å². The van der Waals surface area contributed by atoms with Crippen LogP contribution < -0.4 is 0 Å². The van der Waals surface area contributed by atoms with Crippen LogP contribution in [0.2, 0.25) is 0 Å². The number of likely N-dealkylation sites (N-methyl/N-ethyl adjacent to an activating group) is 1. The van der Waals surface area contributed by atoms with E-state index in [1.54, 1.807) is 0 Å². The second kappa shape index (κ2) is 12.2. The Morgan fingerprint density at radius 1 is 0.774 bits per heavy atom. The normalized spacial score (nSPS) is 18.5. The third kappa shape index (κ3) is 7.95. The predicted molar refractivity (Wildman–Crippen MR) is 121 cm³/mol. The highest BCUT2D eigenvalue weighted by Gasteiger charge is 2.27. The molecule has 5 nitrogen and oxygen atoms in total. The van der Waals surface area contributed by atoms with Crippen molar-refractivity contribution >= 4 is 11.9 Å². The number of ether oxygens (including phenoxy) is 2. The zero-order valence-electron chi connectivity index (χ0n) is 19.2. The van der Waals surface area contributed by atoms with Crippen LogP contribution in [0.4, 0.5) is 0 Å². The number of nitrogens with zero attached hydrogens (tertiary/aromatic N) is 1. The molecule has 172 valence electrons. The van der Waals surface area contributed by atoms with Crippen LogP contribution in [0.5, 0.6) is 0 Å². The van der Waals surface area contributed by atoms with E-state index in [0.29, 0.717) is 30.8 Å². The zero-order valence-corrected chi connectivity index (χ0v) is 19.2. The molecule has 0 amide bonds. The van der Waals surface area contributed by atoms with Crippen molar-refractivity contribution in [2.75, 3.05) is 33.4 Å². The van der Waals surface area contributed by atoms with E-state index in [0.717, 1.165) is 57.9 Å². The standard InChI is InChI=1S/C26H40NO4/c1-27(21-22-11-5-2-6-12-22,17-19-30-25(28)23-13-7-3-8-14-23)18-20-31-26(29)24-15-9-4-10-16-24/h2,5-6,11-12,23-24H,3-4,7-10,13-21H2,1H3/q+1. The molecule has 2 saturated carbocycles. The molecule has 5 heteroatoms. The van der Waals surface area contributed by atoms with Crippen LogP contribution >= 0.6 is 0 Å². The molecule has 0 heterocycles. The van der Waals surface area contributed by atoms with Crippen molar-refractivity contribution in [3.8, 4) is 0 Å². The second-order valence-electron chi connectivity index (χ2n) is 9.72. The van der Waals surface area contributed by atoms with Gasteiger partial charge in [-0.3, -0.25) is 9.59 Å². The Morgan fingerprint density at radius 3 is 1.68 bits per heavy atom. The van der Waals surface area contributed by atoms with E-state index < -0.39 is 0 Å². The van der Waals surface area contributed by atoms with Crippen molar-refractivity contribution in [1.29, 1.82) is 0 Å². The summed E-state index contributed by atoms with van der Waals surface area (Å²) >= 11 is 0. The third-order valence-electron chi connectivity index (χ3n) is 7.04. The summed E-state index contributed by atoms with van der Waals surface area (Å²) in [4.78, 5) is 24.8. The van der Waals surface area contributed by atoms with Gasteiger partial charge in [0.1, 0.15) is 32.8 Å². The van der Waals surface area contributed by atoms with E-state index >= 15 is 0 Å². The Morgan fingerprint density at radius 2 is 1.23 bits per heavy atom. The van der Waals surface area contributed by atoms with Crippen molar-refractivity contribution in [1.82, 2.24) is 0 Å². The Bertz CT molecular complexity index is 642. The van der Waals surface area contributed by atoms with Crippen LogP contribution in [0.1, 0.15) is 69.8 Å². The summed E-state index contributed by atoms with van der Waals surface area (Å²) in [6, 6.07) is 10.4. The lowest BCUT2D eigenvalue weighted by molar-refractivity contribution is -0.922. The maximum Gasteiger partial charge on any atom is 0.309 e. The van der Waals surface area contributed by atoms with E-state index in [-0.39, 0.29) is 23.8 Å². The van der Waals surface area contributed by atoms with E-state index in [1.807, 2.05) is 18.2 Å². The number of carbonyl (C=O) groups is 2. The van der Waals surface area contributed by atoms with Gasteiger partial charge in [0.15, 0.2) is 0 Å². The number of hydrogen-bond donors (Lipinski definition) is 0. The number of esters is 2. The molecule has 0 aliphatic heterocycles. The van der Waals surface area contributed by atoms with Crippen molar-refractivity contribution in [2.24, 2.45) is 11.8 Å². The fourth-order valence-corrected chi connectivity index (χ4v) is 4.94. The molecule has 0 saturated heterocycles. The van der Waals surface area contributed by atoms with Crippen molar-refractivity contribution in [3.63, 3.8) is 0 Å². The quantitative estimate of drug-likeness (QED) is 0.392. The lowest BCUT2D eigenvalue weighted by Crippen LogP contribution is -2.48. The second-order valence-corrected chi connectivity index (χ2v) is 9.72. The average molecular weight is 431 g/mol. The highest BCUT2D eigenvalue weighted by atomic mass is 16.5. The van der Waals surface area contributed by atoms with E-state index in [1.165, 1.54) is 18.4 Å². The number of quaternary nitrogens is 1. The predicted octanol–water partition coefficient (Wildman–Crippen LogP) is 4.88. The summed E-state index contributed by atoms with van der Waals surface area (Å²) in [5, 5.41) is 0. The van der Waals surface area contributed by atoms with Gasteiger partial charge in [-0.1, -0.05) is 68.9 Å².